The zero-order valence-corrected chi connectivity index (χ0v) is 14.4. The third kappa shape index (κ3) is 4.68. The predicted molar refractivity (Wildman–Crippen MR) is 93.4 cm³/mol. The van der Waals surface area contributed by atoms with E-state index in [0.29, 0.717) is 6.54 Å². The monoisotopic (exact) mass is 360 g/mol. The Hall–Kier alpha value is -1.65. The van der Waals surface area contributed by atoms with Gasteiger partial charge in [-0.05, 0) is 31.0 Å². The first kappa shape index (κ1) is 16.7. The first-order valence-electron chi connectivity index (χ1n) is 7.40. The third-order valence-corrected chi connectivity index (χ3v) is 4.30. The van der Waals surface area contributed by atoms with Crippen LogP contribution in [0.3, 0.4) is 0 Å². The summed E-state index contributed by atoms with van der Waals surface area (Å²) in [4.78, 5) is 12.2. The fourth-order valence-corrected chi connectivity index (χ4v) is 2.93. The van der Waals surface area contributed by atoms with Gasteiger partial charge in [0.2, 0.25) is 5.91 Å². The van der Waals surface area contributed by atoms with Crippen LogP contribution in [0.25, 0.3) is 0 Å². The van der Waals surface area contributed by atoms with E-state index in [9.17, 15) is 4.79 Å². The Balaban J connectivity index is 1.87. The van der Waals surface area contributed by atoms with Gasteiger partial charge in [0.25, 0.3) is 0 Å². The molecule has 0 fully saturated rings. The highest BCUT2D eigenvalue weighted by molar-refractivity contribution is 9.10. The van der Waals surface area contributed by atoms with Crippen LogP contribution in [0.15, 0.2) is 59.1 Å². The summed E-state index contributed by atoms with van der Waals surface area (Å²) in [6.45, 7) is 4.49. The molecule has 1 amide bonds. The Kier molecular flexibility index (Phi) is 6.16. The maximum Gasteiger partial charge on any atom is 0.237 e. The summed E-state index contributed by atoms with van der Waals surface area (Å²) in [5.74, 6) is 0.00255. The van der Waals surface area contributed by atoms with Crippen molar-refractivity contribution < 1.29 is 4.79 Å². The van der Waals surface area contributed by atoms with E-state index in [-0.39, 0.29) is 18.0 Å². The molecular formula is C18H21BrN2O. The summed E-state index contributed by atoms with van der Waals surface area (Å²) >= 11 is 3.54. The van der Waals surface area contributed by atoms with Gasteiger partial charge in [-0.1, -0.05) is 64.5 Å². The third-order valence-electron chi connectivity index (χ3n) is 3.57. The van der Waals surface area contributed by atoms with Crippen LogP contribution >= 0.6 is 15.9 Å². The molecule has 0 aromatic heterocycles. The number of hydrogen-bond donors (Lipinski definition) is 2. The molecule has 0 bridgehead atoms. The van der Waals surface area contributed by atoms with Crippen molar-refractivity contribution in [3.8, 4) is 0 Å². The molecule has 4 heteroatoms. The molecule has 2 atom stereocenters. The molecule has 22 heavy (non-hydrogen) atoms. The van der Waals surface area contributed by atoms with Gasteiger partial charge < -0.3 is 5.32 Å². The lowest BCUT2D eigenvalue weighted by Gasteiger charge is -2.21. The van der Waals surface area contributed by atoms with Crippen molar-refractivity contribution in [3.05, 3.63) is 70.2 Å². The number of amides is 1. The summed E-state index contributed by atoms with van der Waals surface area (Å²) in [6.07, 6.45) is 0. The van der Waals surface area contributed by atoms with Crippen LogP contribution in [0.5, 0.6) is 0 Å². The van der Waals surface area contributed by atoms with Crippen molar-refractivity contribution >= 4 is 21.8 Å². The van der Waals surface area contributed by atoms with Crippen LogP contribution in [-0.4, -0.2) is 11.9 Å². The van der Waals surface area contributed by atoms with E-state index in [2.05, 4.69) is 39.6 Å². The number of benzene rings is 2. The molecule has 116 valence electrons. The largest absolute Gasteiger partial charge is 0.351 e. The van der Waals surface area contributed by atoms with Gasteiger partial charge >= 0.3 is 0 Å². The van der Waals surface area contributed by atoms with Gasteiger partial charge in [-0.25, -0.2) is 0 Å². The SMILES string of the molecule is C[C@@H](N[C@H](C)c1ccccc1Br)C(=O)NCc1ccccc1. The Morgan fingerprint density at radius 1 is 1.05 bits per heavy atom. The lowest BCUT2D eigenvalue weighted by atomic mass is 10.1. The quantitative estimate of drug-likeness (QED) is 0.822. The predicted octanol–water partition coefficient (Wildman–Crippen LogP) is 3.80. The van der Waals surface area contributed by atoms with Crippen LogP contribution in [0.1, 0.15) is 31.0 Å². The lowest BCUT2D eigenvalue weighted by Crippen LogP contribution is -2.42. The fourth-order valence-electron chi connectivity index (χ4n) is 2.30. The minimum Gasteiger partial charge on any atom is -0.351 e. The Bertz CT molecular complexity index is 615. The second-order valence-corrected chi connectivity index (χ2v) is 6.19. The molecule has 2 N–H and O–H groups in total. The second kappa shape index (κ2) is 8.11. The van der Waals surface area contributed by atoms with Gasteiger partial charge in [0.1, 0.15) is 0 Å². The fraction of sp³-hybridized carbons (Fsp3) is 0.278. The Morgan fingerprint density at radius 3 is 2.36 bits per heavy atom. The van der Waals surface area contributed by atoms with Crippen LogP contribution in [0.4, 0.5) is 0 Å². The second-order valence-electron chi connectivity index (χ2n) is 5.33. The van der Waals surface area contributed by atoms with Crippen molar-refractivity contribution in [1.29, 1.82) is 0 Å². The number of rotatable bonds is 6. The summed E-state index contributed by atoms with van der Waals surface area (Å²) in [6, 6.07) is 17.8. The molecule has 0 spiro atoms. The maximum absolute atomic E-state index is 12.2. The van der Waals surface area contributed by atoms with Crippen molar-refractivity contribution in [3.63, 3.8) is 0 Å². The zero-order chi connectivity index (χ0) is 15.9. The van der Waals surface area contributed by atoms with Gasteiger partial charge in [0.15, 0.2) is 0 Å². The Morgan fingerprint density at radius 2 is 1.68 bits per heavy atom. The van der Waals surface area contributed by atoms with Crippen LogP contribution in [-0.2, 0) is 11.3 Å². The number of halogens is 1. The van der Waals surface area contributed by atoms with Gasteiger partial charge in [0.05, 0.1) is 6.04 Å². The molecule has 3 nitrogen and oxygen atoms in total. The summed E-state index contributed by atoms with van der Waals surface area (Å²) in [5, 5.41) is 6.29. The maximum atomic E-state index is 12.2. The standard InChI is InChI=1S/C18H21BrN2O/c1-13(16-10-6-7-11-17(16)19)21-14(2)18(22)20-12-15-8-4-3-5-9-15/h3-11,13-14,21H,12H2,1-2H3,(H,20,22)/t13-,14-/m1/s1. The number of hydrogen-bond acceptors (Lipinski definition) is 2. The van der Waals surface area contributed by atoms with Gasteiger partial charge in [-0.3, -0.25) is 10.1 Å². The molecule has 2 rings (SSSR count). The Labute approximate surface area is 140 Å². The van der Waals surface area contributed by atoms with Crippen molar-refractivity contribution in [2.24, 2.45) is 0 Å². The number of carbonyl (C=O) groups excluding carboxylic acids is 1. The average Bonchev–Trinajstić information content (AvgIpc) is 2.53. The van der Waals surface area contributed by atoms with Crippen molar-refractivity contribution in [2.45, 2.75) is 32.5 Å². The topological polar surface area (TPSA) is 41.1 Å². The molecule has 0 saturated carbocycles. The van der Waals surface area contributed by atoms with Crippen LogP contribution in [0, 0.1) is 0 Å². The highest BCUT2D eigenvalue weighted by Crippen LogP contribution is 2.22. The van der Waals surface area contributed by atoms with Gasteiger partial charge in [-0.15, -0.1) is 0 Å². The molecule has 2 aromatic carbocycles. The van der Waals surface area contributed by atoms with E-state index in [4.69, 9.17) is 0 Å². The van der Waals surface area contributed by atoms with E-state index < -0.39 is 0 Å². The molecule has 0 saturated heterocycles. The number of nitrogens with one attached hydrogen (secondary N) is 2. The van der Waals surface area contributed by atoms with Crippen molar-refractivity contribution in [2.75, 3.05) is 0 Å². The summed E-state index contributed by atoms with van der Waals surface area (Å²) in [7, 11) is 0. The molecule has 2 aromatic rings. The zero-order valence-electron chi connectivity index (χ0n) is 12.8. The van der Waals surface area contributed by atoms with Crippen LogP contribution < -0.4 is 10.6 Å². The minimum absolute atomic E-state index is 0.00255. The molecule has 0 aliphatic rings. The summed E-state index contributed by atoms with van der Waals surface area (Å²) < 4.78 is 1.05. The highest BCUT2D eigenvalue weighted by Gasteiger charge is 2.17. The first-order valence-corrected chi connectivity index (χ1v) is 8.19. The highest BCUT2D eigenvalue weighted by atomic mass is 79.9. The van der Waals surface area contributed by atoms with E-state index in [1.54, 1.807) is 0 Å². The van der Waals surface area contributed by atoms with E-state index in [1.807, 2.05) is 55.5 Å². The molecule has 0 aliphatic heterocycles. The lowest BCUT2D eigenvalue weighted by molar-refractivity contribution is -0.123. The smallest absolute Gasteiger partial charge is 0.237 e. The average molecular weight is 361 g/mol. The van der Waals surface area contributed by atoms with Gasteiger partial charge in [0, 0.05) is 17.1 Å². The van der Waals surface area contributed by atoms with Gasteiger partial charge in [-0.2, -0.15) is 0 Å². The molecule has 0 radical (unpaired) electrons. The normalized spacial score (nSPS) is 13.4. The first-order chi connectivity index (χ1) is 10.6. The van der Waals surface area contributed by atoms with E-state index in [1.165, 1.54) is 0 Å². The van der Waals surface area contributed by atoms with E-state index >= 15 is 0 Å². The number of carbonyl (C=O) groups is 1. The molecule has 0 unspecified atom stereocenters. The molecular weight excluding hydrogens is 340 g/mol. The summed E-state index contributed by atoms with van der Waals surface area (Å²) in [5.41, 5.74) is 2.24. The molecule has 0 heterocycles. The van der Waals surface area contributed by atoms with Crippen LogP contribution in [0.2, 0.25) is 0 Å². The van der Waals surface area contributed by atoms with Crippen molar-refractivity contribution in [1.82, 2.24) is 10.6 Å². The minimum atomic E-state index is -0.259. The molecule has 0 aliphatic carbocycles. The van der Waals surface area contributed by atoms with E-state index in [0.717, 1.165) is 15.6 Å².